The molecule has 1 unspecified atom stereocenters. The van der Waals surface area contributed by atoms with Crippen LogP contribution in [0.1, 0.15) is 20.8 Å². The highest BCUT2D eigenvalue weighted by molar-refractivity contribution is 5.27. The summed E-state index contributed by atoms with van der Waals surface area (Å²) in [6.07, 6.45) is 5.06. The molecule has 2 heteroatoms. The molecule has 62 valence electrons. The summed E-state index contributed by atoms with van der Waals surface area (Å²) >= 11 is 0. The Morgan fingerprint density at radius 1 is 1.45 bits per heavy atom. The van der Waals surface area contributed by atoms with Crippen molar-refractivity contribution in [3.05, 3.63) is 23.9 Å². The predicted octanol–water partition coefficient (Wildman–Crippen LogP) is 1.39. The molecule has 0 aliphatic carbocycles. The first-order valence-corrected chi connectivity index (χ1v) is 3.83. The Labute approximate surface area is 67.6 Å². The molecule has 0 amide bonds. The number of allylic oxidation sites excluding steroid dienone is 2. The van der Waals surface area contributed by atoms with E-state index in [1.807, 2.05) is 12.3 Å². The number of aliphatic hydroxyl groups is 1. The zero-order valence-corrected chi connectivity index (χ0v) is 7.26. The molecule has 11 heavy (non-hydrogen) atoms. The van der Waals surface area contributed by atoms with Crippen LogP contribution in [0.25, 0.3) is 0 Å². The minimum absolute atomic E-state index is 0.156. The summed E-state index contributed by atoms with van der Waals surface area (Å²) < 4.78 is 0. The molecule has 1 atom stereocenters. The molecule has 0 bridgehead atoms. The fraction of sp³-hybridized carbons (Fsp3) is 0.556. The van der Waals surface area contributed by atoms with Gasteiger partial charge in [0.2, 0.25) is 0 Å². The fourth-order valence-electron chi connectivity index (χ4n) is 0.940. The quantitative estimate of drug-likeness (QED) is 0.551. The van der Waals surface area contributed by atoms with Gasteiger partial charge in [0.05, 0.1) is 0 Å². The van der Waals surface area contributed by atoms with Crippen molar-refractivity contribution in [1.29, 1.82) is 0 Å². The average molecular weight is 153 g/mol. The molecule has 0 aromatic rings. The van der Waals surface area contributed by atoms with E-state index in [1.165, 1.54) is 5.57 Å². The van der Waals surface area contributed by atoms with Crippen molar-refractivity contribution in [2.75, 3.05) is 0 Å². The molecule has 0 aromatic carbocycles. The predicted molar refractivity (Wildman–Crippen MR) is 45.8 cm³/mol. The van der Waals surface area contributed by atoms with Gasteiger partial charge in [0.1, 0.15) is 6.23 Å². The third-order valence-corrected chi connectivity index (χ3v) is 1.73. The van der Waals surface area contributed by atoms with E-state index in [0.717, 1.165) is 0 Å². The molecule has 0 radical (unpaired) electrons. The van der Waals surface area contributed by atoms with Gasteiger partial charge in [-0.15, -0.1) is 0 Å². The van der Waals surface area contributed by atoms with Crippen LogP contribution >= 0.6 is 0 Å². The van der Waals surface area contributed by atoms with Crippen LogP contribution in [0.4, 0.5) is 0 Å². The van der Waals surface area contributed by atoms with Crippen molar-refractivity contribution in [2.45, 2.75) is 27.0 Å². The van der Waals surface area contributed by atoms with Crippen LogP contribution in [0.2, 0.25) is 0 Å². The van der Waals surface area contributed by atoms with Crippen molar-refractivity contribution < 1.29 is 5.11 Å². The van der Waals surface area contributed by atoms with Crippen molar-refractivity contribution in [2.24, 2.45) is 5.41 Å². The van der Waals surface area contributed by atoms with Gasteiger partial charge in [-0.2, -0.15) is 0 Å². The van der Waals surface area contributed by atoms with E-state index in [1.54, 1.807) is 6.08 Å². The smallest absolute Gasteiger partial charge is 0.143 e. The van der Waals surface area contributed by atoms with E-state index in [9.17, 15) is 0 Å². The molecule has 0 saturated carbocycles. The lowest BCUT2D eigenvalue weighted by molar-refractivity contribution is 0.199. The molecule has 0 spiro atoms. The summed E-state index contributed by atoms with van der Waals surface area (Å²) in [4.78, 5) is 0. The monoisotopic (exact) mass is 153 g/mol. The topological polar surface area (TPSA) is 32.3 Å². The Morgan fingerprint density at radius 3 is 2.45 bits per heavy atom. The van der Waals surface area contributed by atoms with Gasteiger partial charge in [0, 0.05) is 6.20 Å². The molecular formula is C9H15NO. The Hall–Kier alpha value is -0.760. The van der Waals surface area contributed by atoms with Crippen LogP contribution in [-0.4, -0.2) is 11.3 Å². The first-order chi connectivity index (χ1) is 5.00. The fourth-order valence-corrected chi connectivity index (χ4v) is 0.940. The second-order valence-electron chi connectivity index (χ2n) is 3.82. The zero-order chi connectivity index (χ0) is 8.48. The largest absolute Gasteiger partial charge is 0.370 e. The number of aliphatic hydroxyl groups excluding tert-OH is 1. The molecule has 0 saturated heterocycles. The van der Waals surface area contributed by atoms with Gasteiger partial charge in [-0.05, 0) is 17.1 Å². The van der Waals surface area contributed by atoms with Crippen LogP contribution in [0.15, 0.2) is 23.9 Å². The first kappa shape index (κ1) is 8.34. The average Bonchev–Trinajstić information content (AvgIpc) is 1.86. The van der Waals surface area contributed by atoms with Crippen molar-refractivity contribution in [3.8, 4) is 0 Å². The molecule has 1 aliphatic heterocycles. The summed E-state index contributed by atoms with van der Waals surface area (Å²) in [6.45, 7) is 6.42. The molecule has 2 nitrogen and oxygen atoms in total. The van der Waals surface area contributed by atoms with Gasteiger partial charge in [0.15, 0.2) is 0 Å². The third kappa shape index (κ3) is 2.09. The Kier molecular flexibility index (Phi) is 2.05. The van der Waals surface area contributed by atoms with E-state index >= 15 is 0 Å². The number of hydrogen-bond acceptors (Lipinski definition) is 2. The lowest BCUT2D eigenvalue weighted by atomic mass is 9.86. The minimum atomic E-state index is -0.513. The zero-order valence-electron chi connectivity index (χ0n) is 7.26. The van der Waals surface area contributed by atoms with Crippen LogP contribution in [-0.2, 0) is 0 Å². The van der Waals surface area contributed by atoms with E-state index in [2.05, 4.69) is 26.1 Å². The van der Waals surface area contributed by atoms with Crippen LogP contribution in [0.5, 0.6) is 0 Å². The summed E-state index contributed by atoms with van der Waals surface area (Å²) in [5.74, 6) is 0. The SMILES string of the molecule is CC(C)(C)C1=CNC(O)C=C1. The molecule has 1 rings (SSSR count). The van der Waals surface area contributed by atoms with Gasteiger partial charge < -0.3 is 10.4 Å². The van der Waals surface area contributed by atoms with Crippen molar-refractivity contribution in [3.63, 3.8) is 0 Å². The van der Waals surface area contributed by atoms with Gasteiger partial charge in [-0.1, -0.05) is 26.8 Å². The van der Waals surface area contributed by atoms with Crippen LogP contribution in [0.3, 0.4) is 0 Å². The number of hydrogen-bond donors (Lipinski definition) is 2. The summed E-state index contributed by atoms with van der Waals surface area (Å²) in [6, 6.07) is 0. The number of rotatable bonds is 0. The minimum Gasteiger partial charge on any atom is -0.370 e. The molecule has 1 aliphatic rings. The molecule has 1 heterocycles. The highest BCUT2D eigenvalue weighted by atomic mass is 16.3. The van der Waals surface area contributed by atoms with Gasteiger partial charge in [-0.25, -0.2) is 0 Å². The highest BCUT2D eigenvalue weighted by Gasteiger charge is 2.16. The highest BCUT2D eigenvalue weighted by Crippen LogP contribution is 2.26. The second kappa shape index (κ2) is 2.70. The lowest BCUT2D eigenvalue weighted by Gasteiger charge is -2.24. The third-order valence-electron chi connectivity index (χ3n) is 1.73. The summed E-state index contributed by atoms with van der Waals surface area (Å²) in [7, 11) is 0. The van der Waals surface area contributed by atoms with Gasteiger partial charge in [-0.3, -0.25) is 0 Å². The van der Waals surface area contributed by atoms with Gasteiger partial charge >= 0.3 is 0 Å². The number of nitrogens with one attached hydrogen (secondary N) is 1. The van der Waals surface area contributed by atoms with Crippen LogP contribution < -0.4 is 5.32 Å². The maximum Gasteiger partial charge on any atom is 0.143 e. The Balaban J connectivity index is 2.71. The maximum atomic E-state index is 9.05. The summed E-state index contributed by atoms with van der Waals surface area (Å²) in [5, 5.41) is 11.9. The molecular weight excluding hydrogens is 138 g/mol. The maximum absolute atomic E-state index is 9.05. The Bertz CT molecular complexity index is 198. The van der Waals surface area contributed by atoms with Crippen molar-refractivity contribution >= 4 is 0 Å². The van der Waals surface area contributed by atoms with E-state index in [0.29, 0.717) is 0 Å². The van der Waals surface area contributed by atoms with Gasteiger partial charge in [0.25, 0.3) is 0 Å². The second-order valence-corrected chi connectivity index (χ2v) is 3.82. The van der Waals surface area contributed by atoms with E-state index in [-0.39, 0.29) is 5.41 Å². The Morgan fingerprint density at radius 2 is 2.09 bits per heavy atom. The normalized spacial score (nSPS) is 24.4. The van der Waals surface area contributed by atoms with Crippen molar-refractivity contribution in [1.82, 2.24) is 5.32 Å². The van der Waals surface area contributed by atoms with E-state index < -0.39 is 6.23 Å². The van der Waals surface area contributed by atoms with E-state index in [4.69, 9.17) is 5.11 Å². The standard InChI is InChI=1S/C9H15NO/c1-9(2,3)7-4-5-8(11)10-6-7/h4-6,8,10-11H,1-3H3. The molecule has 0 fully saturated rings. The number of dihydropyridines is 1. The lowest BCUT2D eigenvalue weighted by Crippen LogP contribution is -2.26. The van der Waals surface area contributed by atoms with Crippen LogP contribution in [0, 0.1) is 5.41 Å². The molecule has 2 N–H and O–H groups in total. The molecule has 0 aromatic heterocycles. The first-order valence-electron chi connectivity index (χ1n) is 3.83. The summed E-state index contributed by atoms with van der Waals surface area (Å²) in [5.41, 5.74) is 1.37.